The van der Waals surface area contributed by atoms with Gasteiger partial charge in [-0.15, -0.1) is 0 Å². The van der Waals surface area contributed by atoms with E-state index >= 15 is 0 Å². The fourth-order valence-corrected chi connectivity index (χ4v) is 3.11. The lowest BCUT2D eigenvalue weighted by Gasteiger charge is -2.12. The maximum Gasteiger partial charge on any atom is 0.198 e. The van der Waals surface area contributed by atoms with Crippen LogP contribution in [-0.4, -0.2) is 24.8 Å². The maximum absolute atomic E-state index is 13.0. The number of hydrogen-bond acceptors (Lipinski definition) is 4. The lowest BCUT2D eigenvalue weighted by Crippen LogP contribution is -2.23. The topological polar surface area (TPSA) is 55.7 Å². The third-order valence-corrected chi connectivity index (χ3v) is 4.53. The number of halogens is 3. The van der Waals surface area contributed by atoms with Gasteiger partial charge in [0.1, 0.15) is 5.60 Å². The molecule has 1 heterocycles. The molecule has 22 heavy (non-hydrogen) atoms. The van der Waals surface area contributed by atoms with Crippen LogP contribution in [0.3, 0.4) is 0 Å². The Balaban J connectivity index is 2.10. The first-order valence-corrected chi connectivity index (χ1v) is 8.05. The van der Waals surface area contributed by atoms with E-state index in [1.54, 1.807) is 13.8 Å². The Kier molecular flexibility index (Phi) is 4.32. The van der Waals surface area contributed by atoms with E-state index in [-0.39, 0.29) is 17.0 Å². The summed E-state index contributed by atoms with van der Waals surface area (Å²) in [7, 11) is -3.65. The Morgan fingerprint density at radius 3 is 2.36 bits per heavy atom. The van der Waals surface area contributed by atoms with Crippen LogP contribution >= 0.6 is 0 Å². The maximum atomic E-state index is 13.0. The summed E-state index contributed by atoms with van der Waals surface area (Å²) in [5.41, 5.74) is -0.647. The van der Waals surface area contributed by atoms with Crippen molar-refractivity contribution in [3.8, 4) is 0 Å². The predicted octanol–water partition coefficient (Wildman–Crippen LogP) is 3.04. The second-order valence-electron chi connectivity index (χ2n) is 5.50. The predicted molar refractivity (Wildman–Crippen MR) is 76.4 cm³/mol. The minimum atomic E-state index is -3.65. The summed E-state index contributed by atoms with van der Waals surface area (Å²) in [5.74, 6) is -4.63. The molecule has 0 aromatic heterocycles. The molecule has 0 amide bonds. The Hall–Kier alpha value is -1.83. The average molecular weight is 333 g/mol. The van der Waals surface area contributed by atoms with Crippen molar-refractivity contribution in [1.29, 1.82) is 0 Å². The molecule has 8 heteroatoms. The molecule has 120 valence electrons. The molecule has 0 spiro atoms. The lowest BCUT2D eigenvalue weighted by atomic mass is 10.1. The molecule has 0 saturated carbocycles. The second kappa shape index (κ2) is 5.75. The van der Waals surface area contributed by atoms with Gasteiger partial charge in [0.25, 0.3) is 0 Å². The van der Waals surface area contributed by atoms with Crippen molar-refractivity contribution in [2.45, 2.75) is 25.9 Å². The smallest absolute Gasteiger partial charge is 0.198 e. The standard InChI is InChI=1S/C14H14F3NO3S/c1-14(2)8-12(18-21-14)22(19,20)5-3-4-9-6-10(15)13(17)11(16)7-9/h3-4,6-7H,5,8H2,1-2H3. The van der Waals surface area contributed by atoms with E-state index in [1.807, 2.05) is 0 Å². The van der Waals surface area contributed by atoms with Crippen LogP contribution in [0.4, 0.5) is 13.2 Å². The molecule has 0 unspecified atom stereocenters. The highest BCUT2D eigenvalue weighted by atomic mass is 32.2. The van der Waals surface area contributed by atoms with Gasteiger partial charge in [-0.2, -0.15) is 0 Å². The molecule has 0 fully saturated rings. The minimum absolute atomic E-state index is 0.0246. The largest absolute Gasteiger partial charge is 0.389 e. The van der Waals surface area contributed by atoms with E-state index in [9.17, 15) is 21.6 Å². The summed E-state index contributed by atoms with van der Waals surface area (Å²) in [6.45, 7) is 3.41. The van der Waals surface area contributed by atoms with Crippen LogP contribution in [0.5, 0.6) is 0 Å². The Morgan fingerprint density at radius 2 is 1.86 bits per heavy atom. The van der Waals surface area contributed by atoms with Gasteiger partial charge in [0.2, 0.25) is 0 Å². The van der Waals surface area contributed by atoms with Crippen LogP contribution in [-0.2, 0) is 14.7 Å². The number of rotatable bonds is 3. The Morgan fingerprint density at radius 1 is 1.27 bits per heavy atom. The summed E-state index contributed by atoms with van der Waals surface area (Å²) >= 11 is 0. The zero-order valence-electron chi connectivity index (χ0n) is 11.9. The third-order valence-electron chi connectivity index (χ3n) is 2.96. The van der Waals surface area contributed by atoms with Gasteiger partial charge in [-0.25, -0.2) is 21.6 Å². The molecule has 4 nitrogen and oxygen atoms in total. The summed E-state index contributed by atoms with van der Waals surface area (Å²) in [5, 5.41) is 3.48. The van der Waals surface area contributed by atoms with Gasteiger partial charge in [0.05, 0.1) is 5.75 Å². The quantitative estimate of drug-likeness (QED) is 0.799. The first-order chi connectivity index (χ1) is 10.1. The summed E-state index contributed by atoms with van der Waals surface area (Å²) in [6, 6.07) is 1.56. The van der Waals surface area contributed by atoms with Gasteiger partial charge in [0.15, 0.2) is 32.3 Å². The Bertz CT molecular complexity index is 732. The van der Waals surface area contributed by atoms with Crippen LogP contribution in [0.1, 0.15) is 25.8 Å². The zero-order valence-corrected chi connectivity index (χ0v) is 12.8. The van der Waals surface area contributed by atoms with Crippen LogP contribution in [0.2, 0.25) is 0 Å². The lowest BCUT2D eigenvalue weighted by molar-refractivity contribution is 0.0123. The van der Waals surface area contributed by atoms with Gasteiger partial charge in [-0.1, -0.05) is 17.3 Å². The molecule has 0 bridgehead atoms. The Labute approximate surface area is 126 Å². The normalized spacial score (nSPS) is 17.6. The zero-order chi connectivity index (χ0) is 16.5. The molecule has 1 aromatic rings. The van der Waals surface area contributed by atoms with Crippen LogP contribution < -0.4 is 0 Å². The monoisotopic (exact) mass is 333 g/mol. The fraction of sp³-hybridized carbons (Fsp3) is 0.357. The van der Waals surface area contributed by atoms with Gasteiger partial charge >= 0.3 is 0 Å². The van der Waals surface area contributed by atoms with Crippen LogP contribution in [0, 0.1) is 17.5 Å². The minimum Gasteiger partial charge on any atom is -0.389 e. The van der Waals surface area contributed by atoms with E-state index in [1.165, 1.54) is 12.2 Å². The van der Waals surface area contributed by atoms with Crippen molar-refractivity contribution in [2.75, 3.05) is 5.75 Å². The van der Waals surface area contributed by atoms with Crippen molar-refractivity contribution < 1.29 is 26.4 Å². The third kappa shape index (κ3) is 3.68. The number of sulfone groups is 1. The summed E-state index contributed by atoms with van der Waals surface area (Å²) in [6.07, 6.45) is 2.57. The average Bonchev–Trinajstić information content (AvgIpc) is 2.77. The molecular formula is C14H14F3NO3S. The van der Waals surface area contributed by atoms with E-state index in [0.717, 1.165) is 12.1 Å². The van der Waals surface area contributed by atoms with E-state index < -0.39 is 38.6 Å². The molecule has 0 N–H and O–H groups in total. The van der Waals surface area contributed by atoms with E-state index in [4.69, 9.17) is 4.84 Å². The molecule has 1 aliphatic rings. The molecule has 0 aliphatic carbocycles. The molecular weight excluding hydrogens is 319 g/mol. The van der Waals surface area contributed by atoms with Gasteiger partial charge in [-0.05, 0) is 31.5 Å². The van der Waals surface area contributed by atoms with Gasteiger partial charge in [-0.3, -0.25) is 0 Å². The molecule has 2 rings (SSSR count). The van der Waals surface area contributed by atoms with Crippen LogP contribution in [0.15, 0.2) is 23.4 Å². The van der Waals surface area contributed by atoms with Crippen molar-refractivity contribution in [3.63, 3.8) is 0 Å². The highest BCUT2D eigenvalue weighted by Gasteiger charge is 2.35. The van der Waals surface area contributed by atoms with Crippen molar-refractivity contribution in [3.05, 3.63) is 41.2 Å². The van der Waals surface area contributed by atoms with Gasteiger partial charge in [0, 0.05) is 6.42 Å². The summed E-state index contributed by atoms with van der Waals surface area (Å²) in [4.78, 5) is 4.99. The molecule has 1 aliphatic heterocycles. The highest BCUT2D eigenvalue weighted by molar-refractivity contribution is 8.06. The SMILES string of the molecule is CC1(C)CC(S(=O)(=O)CC=Cc2cc(F)c(F)c(F)c2)=NO1. The summed E-state index contributed by atoms with van der Waals surface area (Å²) < 4.78 is 62.9. The van der Waals surface area contributed by atoms with Crippen LogP contribution in [0.25, 0.3) is 6.08 Å². The van der Waals surface area contributed by atoms with E-state index in [0.29, 0.717) is 0 Å². The van der Waals surface area contributed by atoms with E-state index in [2.05, 4.69) is 5.16 Å². The van der Waals surface area contributed by atoms with Gasteiger partial charge < -0.3 is 4.84 Å². The first kappa shape index (κ1) is 16.5. The van der Waals surface area contributed by atoms with Crippen molar-refractivity contribution in [2.24, 2.45) is 5.16 Å². The molecule has 0 radical (unpaired) electrons. The second-order valence-corrected chi connectivity index (χ2v) is 7.53. The number of benzene rings is 1. The first-order valence-electron chi connectivity index (χ1n) is 6.40. The van der Waals surface area contributed by atoms with Crippen molar-refractivity contribution >= 4 is 21.0 Å². The van der Waals surface area contributed by atoms with Crippen molar-refractivity contribution in [1.82, 2.24) is 0 Å². The highest BCUT2D eigenvalue weighted by Crippen LogP contribution is 2.25. The fourth-order valence-electron chi connectivity index (χ4n) is 1.85. The number of oxime groups is 1. The molecule has 0 atom stereocenters. The number of hydrogen-bond donors (Lipinski definition) is 0. The number of nitrogens with zero attached hydrogens (tertiary/aromatic N) is 1. The molecule has 0 saturated heterocycles. The molecule has 1 aromatic carbocycles.